The van der Waals surface area contributed by atoms with Crippen LogP contribution in [0.25, 0.3) is 0 Å². The molecule has 0 aliphatic carbocycles. The Morgan fingerprint density at radius 2 is 1.73 bits per heavy atom. The van der Waals surface area contributed by atoms with Crippen molar-refractivity contribution in [2.45, 2.75) is 26.8 Å². The number of hydrogen-bond donors (Lipinski definition) is 1. The highest BCUT2D eigenvalue weighted by molar-refractivity contribution is 5.78. The van der Waals surface area contributed by atoms with Crippen LogP contribution in [0, 0.1) is 13.8 Å². The molecule has 1 amide bonds. The SMILES string of the molecule is Cc1cccc(C)c1Oc1ncccc1CNC(=O)Cc1ccncc1. The van der Waals surface area contributed by atoms with Gasteiger partial charge in [-0.25, -0.2) is 4.98 Å². The van der Waals surface area contributed by atoms with Gasteiger partial charge in [-0.2, -0.15) is 0 Å². The number of hydrogen-bond acceptors (Lipinski definition) is 4. The maximum atomic E-state index is 12.2. The van der Waals surface area contributed by atoms with E-state index in [0.29, 0.717) is 18.8 Å². The molecule has 132 valence electrons. The number of benzene rings is 1. The second-order valence-electron chi connectivity index (χ2n) is 6.10. The normalized spacial score (nSPS) is 10.4. The first kappa shape index (κ1) is 17.6. The second-order valence-corrected chi connectivity index (χ2v) is 6.10. The number of amides is 1. The van der Waals surface area contributed by atoms with Crippen LogP contribution >= 0.6 is 0 Å². The Hall–Kier alpha value is -3.21. The molecule has 0 saturated carbocycles. The number of nitrogens with zero attached hydrogens (tertiary/aromatic N) is 2. The number of aromatic nitrogens is 2. The monoisotopic (exact) mass is 347 g/mol. The predicted molar refractivity (Wildman–Crippen MR) is 100 cm³/mol. The highest BCUT2D eigenvalue weighted by Crippen LogP contribution is 2.29. The van der Waals surface area contributed by atoms with Gasteiger partial charge in [-0.1, -0.05) is 24.3 Å². The summed E-state index contributed by atoms with van der Waals surface area (Å²) in [7, 11) is 0. The average Bonchev–Trinajstić information content (AvgIpc) is 2.65. The van der Waals surface area contributed by atoms with Gasteiger partial charge in [-0.15, -0.1) is 0 Å². The van der Waals surface area contributed by atoms with Crippen LogP contribution in [-0.4, -0.2) is 15.9 Å². The third kappa shape index (κ3) is 4.45. The summed E-state index contributed by atoms with van der Waals surface area (Å²) in [5.41, 5.74) is 3.85. The molecule has 0 saturated heterocycles. The first-order chi connectivity index (χ1) is 12.6. The molecule has 3 aromatic rings. The lowest BCUT2D eigenvalue weighted by atomic mass is 10.1. The quantitative estimate of drug-likeness (QED) is 0.738. The standard InChI is InChI=1S/C21H21N3O2/c1-15-5-3-6-16(2)20(15)26-21-18(7-4-10-23-21)14-24-19(25)13-17-8-11-22-12-9-17/h3-12H,13-14H2,1-2H3,(H,24,25). The number of carbonyl (C=O) groups is 1. The van der Waals surface area contributed by atoms with Crippen LogP contribution in [0.2, 0.25) is 0 Å². The van der Waals surface area contributed by atoms with Gasteiger partial charge in [0, 0.05) is 30.7 Å². The Balaban J connectivity index is 1.68. The molecule has 0 fully saturated rings. The highest BCUT2D eigenvalue weighted by Gasteiger charge is 2.11. The van der Waals surface area contributed by atoms with E-state index in [9.17, 15) is 4.79 Å². The van der Waals surface area contributed by atoms with E-state index in [0.717, 1.165) is 28.0 Å². The van der Waals surface area contributed by atoms with E-state index in [1.54, 1.807) is 18.6 Å². The number of rotatable bonds is 6. The number of pyridine rings is 2. The van der Waals surface area contributed by atoms with E-state index in [1.165, 1.54) is 0 Å². The Kier molecular flexibility index (Phi) is 5.59. The van der Waals surface area contributed by atoms with Crippen molar-refractivity contribution < 1.29 is 9.53 Å². The molecule has 0 radical (unpaired) electrons. The van der Waals surface area contributed by atoms with Crippen molar-refractivity contribution in [2.24, 2.45) is 0 Å². The summed E-state index contributed by atoms with van der Waals surface area (Å²) in [4.78, 5) is 20.5. The van der Waals surface area contributed by atoms with Crippen LogP contribution in [-0.2, 0) is 17.8 Å². The van der Waals surface area contributed by atoms with Crippen LogP contribution in [0.4, 0.5) is 0 Å². The lowest BCUT2D eigenvalue weighted by Crippen LogP contribution is -2.24. The van der Waals surface area contributed by atoms with Crippen LogP contribution < -0.4 is 10.1 Å². The molecule has 0 aliphatic rings. The van der Waals surface area contributed by atoms with Gasteiger partial charge >= 0.3 is 0 Å². The van der Waals surface area contributed by atoms with Gasteiger partial charge in [-0.3, -0.25) is 9.78 Å². The van der Waals surface area contributed by atoms with Crippen molar-refractivity contribution >= 4 is 5.91 Å². The molecule has 0 atom stereocenters. The first-order valence-electron chi connectivity index (χ1n) is 8.47. The molecule has 5 nitrogen and oxygen atoms in total. The maximum absolute atomic E-state index is 12.2. The van der Waals surface area contributed by atoms with Gasteiger partial charge in [0.15, 0.2) is 0 Å². The second kappa shape index (κ2) is 8.25. The van der Waals surface area contributed by atoms with E-state index >= 15 is 0 Å². The summed E-state index contributed by atoms with van der Waals surface area (Å²) >= 11 is 0. The predicted octanol–water partition coefficient (Wildman–Crippen LogP) is 3.74. The summed E-state index contributed by atoms with van der Waals surface area (Å²) in [5, 5.41) is 2.92. The van der Waals surface area contributed by atoms with Crippen molar-refractivity contribution in [2.75, 3.05) is 0 Å². The molecular formula is C21H21N3O2. The molecule has 1 N–H and O–H groups in total. The average molecular weight is 347 g/mol. The largest absolute Gasteiger partial charge is 0.438 e. The maximum Gasteiger partial charge on any atom is 0.224 e. The number of ether oxygens (including phenoxy) is 1. The topological polar surface area (TPSA) is 64.1 Å². The molecule has 0 unspecified atom stereocenters. The van der Waals surface area contributed by atoms with Gasteiger partial charge in [-0.05, 0) is 48.7 Å². The van der Waals surface area contributed by atoms with Crippen molar-refractivity contribution in [3.63, 3.8) is 0 Å². The summed E-state index contributed by atoms with van der Waals surface area (Å²) in [6, 6.07) is 13.4. The van der Waals surface area contributed by atoms with Gasteiger partial charge in [0.2, 0.25) is 11.8 Å². The van der Waals surface area contributed by atoms with E-state index in [-0.39, 0.29) is 5.91 Å². The number of nitrogens with one attached hydrogen (secondary N) is 1. The van der Waals surface area contributed by atoms with E-state index in [1.807, 2.05) is 56.3 Å². The lowest BCUT2D eigenvalue weighted by Gasteiger charge is -2.14. The minimum Gasteiger partial charge on any atom is -0.438 e. The fourth-order valence-electron chi connectivity index (χ4n) is 2.65. The number of aryl methyl sites for hydroxylation is 2. The molecule has 2 heterocycles. The Bertz CT molecular complexity index is 875. The molecule has 1 aromatic carbocycles. The van der Waals surface area contributed by atoms with Crippen LogP contribution in [0.1, 0.15) is 22.3 Å². The number of carbonyl (C=O) groups excluding carboxylic acids is 1. The van der Waals surface area contributed by atoms with Gasteiger partial charge in [0.25, 0.3) is 0 Å². The minimum atomic E-state index is -0.0573. The summed E-state index contributed by atoms with van der Waals surface area (Å²) < 4.78 is 6.05. The van der Waals surface area contributed by atoms with E-state index in [2.05, 4.69) is 15.3 Å². The third-order valence-corrected chi connectivity index (χ3v) is 4.05. The van der Waals surface area contributed by atoms with Gasteiger partial charge in [0.05, 0.1) is 6.42 Å². The fourth-order valence-corrected chi connectivity index (χ4v) is 2.65. The van der Waals surface area contributed by atoms with Crippen molar-refractivity contribution in [3.8, 4) is 11.6 Å². The van der Waals surface area contributed by atoms with Crippen molar-refractivity contribution in [1.82, 2.24) is 15.3 Å². The molecule has 5 heteroatoms. The Morgan fingerprint density at radius 3 is 2.46 bits per heavy atom. The van der Waals surface area contributed by atoms with Crippen LogP contribution in [0.5, 0.6) is 11.6 Å². The molecule has 0 bridgehead atoms. The zero-order valence-electron chi connectivity index (χ0n) is 14.9. The lowest BCUT2D eigenvalue weighted by molar-refractivity contribution is -0.120. The smallest absolute Gasteiger partial charge is 0.224 e. The first-order valence-corrected chi connectivity index (χ1v) is 8.47. The third-order valence-electron chi connectivity index (χ3n) is 4.05. The Labute approximate surface area is 153 Å². The van der Waals surface area contributed by atoms with Crippen LogP contribution in [0.15, 0.2) is 61.1 Å². The molecular weight excluding hydrogens is 326 g/mol. The van der Waals surface area contributed by atoms with E-state index < -0.39 is 0 Å². The summed E-state index contributed by atoms with van der Waals surface area (Å²) in [6.07, 6.45) is 5.36. The molecule has 0 aliphatic heterocycles. The molecule has 3 rings (SSSR count). The summed E-state index contributed by atoms with van der Waals surface area (Å²) in [6.45, 7) is 4.36. The molecule has 2 aromatic heterocycles. The molecule has 26 heavy (non-hydrogen) atoms. The zero-order valence-corrected chi connectivity index (χ0v) is 14.9. The van der Waals surface area contributed by atoms with Crippen molar-refractivity contribution in [3.05, 3.63) is 83.3 Å². The Morgan fingerprint density at radius 1 is 1.00 bits per heavy atom. The zero-order chi connectivity index (χ0) is 18.4. The highest BCUT2D eigenvalue weighted by atomic mass is 16.5. The minimum absolute atomic E-state index is 0.0573. The van der Waals surface area contributed by atoms with Crippen molar-refractivity contribution in [1.29, 1.82) is 0 Å². The number of para-hydroxylation sites is 1. The molecule has 0 spiro atoms. The van der Waals surface area contributed by atoms with Crippen LogP contribution in [0.3, 0.4) is 0 Å². The van der Waals surface area contributed by atoms with E-state index in [4.69, 9.17) is 4.74 Å². The summed E-state index contributed by atoms with van der Waals surface area (Å²) in [5.74, 6) is 1.25. The van der Waals surface area contributed by atoms with Gasteiger partial charge in [0.1, 0.15) is 5.75 Å². The van der Waals surface area contributed by atoms with Gasteiger partial charge < -0.3 is 10.1 Å². The fraction of sp³-hybridized carbons (Fsp3) is 0.190.